The maximum absolute atomic E-state index is 13.3. The fourth-order valence-corrected chi connectivity index (χ4v) is 5.34. The summed E-state index contributed by atoms with van der Waals surface area (Å²) in [5.74, 6) is -1.98. The fourth-order valence-electron chi connectivity index (χ4n) is 3.61. The van der Waals surface area contributed by atoms with E-state index in [4.69, 9.17) is 27.9 Å². The average Bonchev–Trinajstić information content (AvgIpc) is 2.85. The SMILES string of the molecule is Cc1ccc(NC(=O)COc2c(Br)cc(Br)cc2/C=C2\C(=O)NC(=O)N(c3ccc(C)c(Cl)c3)C2=O)cc1Cl. The van der Waals surface area contributed by atoms with Gasteiger partial charge in [0.2, 0.25) is 0 Å². The van der Waals surface area contributed by atoms with Gasteiger partial charge in [-0.3, -0.25) is 19.7 Å². The number of benzene rings is 3. The minimum absolute atomic E-state index is 0.199. The Morgan fingerprint density at radius 3 is 2.33 bits per heavy atom. The Bertz CT molecular complexity index is 1580. The number of rotatable bonds is 6. The summed E-state index contributed by atoms with van der Waals surface area (Å²) in [4.78, 5) is 52.0. The zero-order valence-corrected chi connectivity index (χ0v) is 25.1. The largest absolute Gasteiger partial charge is 0.482 e. The van der Waals surface area contributed by atoms with Crippen LogP contribution in [0.25, 0.3) is 6.08 Å². The van der Waals surface area contributed by atoms with E-state index in [9.17, 15) is 19.2 Å². The lowest BCUT2D eigenvalue weighted by molar-refractivity contribution is -0.122. The van der Waals surface area contributed by atoms with Crippen molar-refractivity contribution in [1.82, 2.24) is 5.32 Å². The molecule has 0 atom stereocenters. The van der Waals surface area contributed by atoms with E-state index >= 15 is 0 Å². The van der Waals surface area contributed by atoms with Crippen molar-refractivity contribution in [3.63, 3.8) is 0 Å². The Kier molecular flexibility index (Phi) is 8.80. The van der Waals surface area contributed by atoms with Gasteiger partial charge in [-0.15, -0.1) is 0 Å². The molecule has 0 radical (unpaired) electrons. The third kappa shape index (κ3) is 6.52. The number of anilines is 2. The third-order valence-electron chi connectivity index (χ3n) is 5.66. The second-order valence-corrected chi connectivity index (χ2v) is 11.1. The van der Waals surface area contributed by atoms with Crippen molar-refractivity contribution in [2.75, 3.05) is 16.8 Å². The lowest BCUT2D eigenvalue weighted by atomic mass is 10.1. The van der Waals surface area contributed by atoms with Crippen molar-refractivity contribution in [3.8, 4) is 5.75 Å². The van der Waals surface area contributed by atoms with Crippen LogP contribution in [0.15, 0.2) is 63.0 Å². The minimum Gasteiger partial charge on any atom is -0.482 e. The molecule has 0 spiro atoms. The van der Waals surface area contributed by atoms with Crippen molar-refractivity contribution < 1.29 is 23.9 Å². The molecule has 5 amide bonds. The molecule has 3 aromatic rings. The lowest BCUT2D eigenvalue weighted by Crippen LogP contribution is -2.54. The molecule has 39 heavy (non-hydrogen) atoms. The number of amides is 5. The molecule has 0 aromatic heterocycles. The highest BCUT2D eigenvalue weighted by atomic mass is 79.9. The zero-order chi connectivity index (χ0) is 28.4. The highest BCUT2D eigenvalue weighted by molar-refractivity contribution is 9.11. The first kappa shape index (κ1) is 28.8. The maximum Gasteiger partial charge on any atom is 0.335 e. The van der Waals surface area contributed by atoms with E-state index in [1.165, 1.54) is 12.1 Å². The molecule has 2 N–H and O–H groups in total. The van der Waals surface area contributed by atoms with Gasteiger partial charge >= 0.3 is 6.03 Å². The molecule has 1 saturated heterocycles. The van der Waals surface area contributed by atoms with E-state index in [1.807, 2.05) is 6.92 Å². The van der Waals surface area contributed by atoms with Crippen molar-refractivity contribution in [3.05, 3.63) is 89.8 Å². The van der Waals surface area contributed by atoms with Gasteiger partial charge in [-0.25, -0.2) is 9.69 Å². The number of urea groups is 1. The van der Waals surface area contributed by atoms with Gasteiger partial charge in [0.15, 0.2) is 6.61 Å². The summed E-state index contributed by atoms with van der Waals surface area (Å²) in [6, 6.07) is 12.2. The van der Waals surface area contributed by atoms with Gasteiger partial charge in [-0.05, 0) is 83.4 Å². The van der Waals surface area contributed by atoms with Crippen LogP contribution in [0, 0.1) is 13.8 Å². The highest BCUT2D eigenvalue weighted by Gasteiger charge is 2.37. The fraction of sp³-hybridized carbons (Fsp3) is 0.111. The number of halogens is 4. The molecule has 0 saturated carbocycles. The summed E-state index contributed by atoms with van der Waals surface area (Å²) in [7, 11) is 0. The summed E-state index contributed by atoms with van der Waals surface area (Å²) in [6.45, 7) is 3.25. The van der Waals surface area contributed by atoms with E-state index in [1.54, 1.807) is 49.4 Å². The molecule has 8 nitrogen and oxygen atoms in total. The monoisotopic (exact) mass is 693 g/mol. The standard InChI is InChI=1S/C27H19Br2Cl2N3O5/c1-13-3-5-17(10-21(13)30)32-23(35)12-39-24-15(7-16(28)9-20(24)29)8-19-25(36)33-27(38)34(26(19)37)18-6-4-14(2)22(31)11-18/h3-11H,12H2,1-2H3,(H,32,35)(H,33,36,38)/b19-8+. The number of hydrogen-bond donors (Lipinski definition) is 2. The van der Waals surface area contributed by atoms with Crippen molar-refractivity contribution in [1.29, 1.82) is 0 Å². The number of carbonyl (C=O) groups excluding carboxylic acids is 4. The number of carbonyl (C=O) groups is 4. The first-order valence-corrected chi connectivity index (χ1v) is 13.6. The smallest absolute Gasteiger partial charge is 0.335 e. The van der Waals surface area contributed by atoms with Crippen LogP contribution in [0.1, 0.15) is 16.7 Å². The Morgan fingerprint density at radius 2 is 1.67 bits per heavy atom. The molecule has 0 unspecified atom stereocenters. The normalized spacial score (nSPS) is 14.5. The molecule has 200 valence electrons. The second-order valence-electron chi connectivity index (χ2n) is 8.50. The predicted molar refractivity (Wildman–Crippen MR) is 157 cm³/mol. The summed E-state index contributed by atoms with van der Waals surface area (Å²) >= 11 is 19.1. The van der Waals surface area contributed by atoms with E-state index in [2.05, 4.69) is 42.5 Å². The first-order chi connectivity index (χ1) is 18.4. The number of hydrogen-bond acceptors (Lipinski definition) is 5. The molecule has 1 aliphatic heterocycles. The van der Waals surface area contributed by atoms with Gasteiger partial charge in [-0.2, -0.15) is 0 Å². The minimum atomic E-state index is -0.901. The molecule has 4 rings (SSSR count). The van der Waals surface area contributed by atoms with Crippen LogP contribution in [-0.4, -0.2) is 30.4 Å². The van der Waals surface area contributed by atoms with Gasteiger partial charge in [0, 0.05) is 25.8 Å². The number of ether oxygens (including phenoxy) is 1. The van der Waals surface area contributed by atoms with Crippen LogP contribution in [-0.2, 0) is 14.4 Å². The van der Waals surface area contributed by atoms with Gasteiger partial charge in [-0.1, -0.05) is 51.3 Å². The molecular formula is C27H19Br2Cl2N3O5. The van der Waals surface area contributed by atoms with E-state index in [0.29, 0.717) is 30.2 Å². The van der Waals surface area contributed by atoms with Crippen LogP contribution in [0.2, 0.25) is 10.0 Å². The Labute approximate surface area is 250 Å². The van der Waals surface area contributed by atoms with Gasteiger partial charge in [0.25, 0.3) is 17.7 Å². The molecule has 1 aliphatic rings. The van der Waals surface area contributed by atoms with E-state index in [0.717, 1.165) is 16.0 Å². The number of imide groups is 2. The van der Waals surface area contributed by atoms with Crippen LogP contribution in [0.3, 0.4) is 0 Å². The number of aryl methyl sites for hydroxylation is 2. The summed E-state index contributed by atoms with van der Waals surface area (Å²) in [5.41, 5.74) is 2.31. The zero-order valence-electron chi connectivity index (χ0n) is 20.4. The second kappa shape index (κ2) is 11.9. The Balaban J connectivity index is 1.62. The number of nitrogens with one attached hydrogen (secondary N) is 2. The average molecular weight is 696 g/mol. The molecule has 0 bridgehead atoms. The molecule has 3 aromatic carbocycles. The molecular weight excluding hydrogens is 677 g/mol. The van der Waals surface area contributed by atoms with Crippen molar-refractivity contribution in [2.45, 2.75) is 13.8 Å². The van der Waals surface area contributed by atoms with Gasteiger partial charge < -0.3 is 10.1 Å². The van der Waals surface area contributed by atoms with Crippen LogP contribution < -0.4 is 20.3 Å². The maximum atomic E-state index is 13.3. The summed E-state index contributed by atoms with van der Waals surface area (Å²) in [5, 5.41) is 5.74. The quantitative estimate of drug-likeness (QED) is 0.218. The first-order valence-electron chi connectivity index (χ1n) is 11.3. The molecule has 1 heterocycles. The van der Waals surface area contributed by atoms with E-state index in [-0.39, 0.29) is 23.6 Å². The van der Waals surface area contributed by atoms with Crippen molar-refractivity contribution >= 4 is 96.3 Å². The molecule has 1 fully saturated rings. The van der Waals surface area contributed by atoms with Crippen LogP contribution >= 0.6 is 55.1 Å². The molecule has 0 aliphatic carbocycles. The van der Waals surface area contributed by atoms with E-state index < -0.39 is 23.8 Å². The topological polar surface area (TPSA) is 105 Å². The van der Waals surface area contributed by atoms with Crippen molar-refractivity contribution in [2.24, 2.45) is 0 Å². The van der Waals surface area contributed by atoms with Gasteiger partial charge in [0.1, 0.15) is 11.3 Å². The number of nitrogens with zero attached hydrogens (tertiary/aromatic N) is 1. The lowest BCUT2D eigenvalue weighted by Gasteiger charge is -2.26. The highest BCUT2D eigenvalue weighted by Crippen LogP contribution is 2.35. The Morgan fingerprint density at radius 1 is 1.00 bits per heavy atom. The molecule has 12 heteroatoms. The van der Waals surface area contributed by atoms with Crippen LogP contribution in [0.4, 0.5) is 16.2 Å². The summed E-state index contributed by atoms with van der Waals surface area (Å²) < 4.78 is 6.85. The predicted octanol–water partition coefficient (Wildman–Crippen LogP) is 6.82. The third-order valence-corrected chi connectivity index (χ3v) is 7.52. The van der Waals surface area contributed by atoms with Gasteiger partial charge in [0.05, 0.1) is 10.2 Å². The Hall–Kier alpha value is -3.18. The van der Waals surface area contributed by atoms with Crippen LogP contribution in [0.5, 0.6) is 5.75 Å². The number of barbiturate groups is 1. The summed E-state index contributed by atoms with van der Waals surface area (Å²) in [6.07, 6.45) is 1.29.